The fourth-order valence-electron chi connectivity index (χ4n) is 4.39. The molecule has 4 aliphatic rings. The van der Waals surface area contributed by atoms with Gasteiger partial charge in [-0.25, -0.2) is 4.98 Å². The summed E-state index contributed by atoms with van der Waals surface area (Å²) in [5.74, 6) is -2.32. The Labute approximate surface area is 233 Å². The van der Waals surface area contributed by atoms with E-state index in [0.717, 1.165) is 27.3 Å². The largest absolute Gasteiger partial charge is 0.543 e. The van der Waals surface area contributed by atoms with Crippen molar-refractivity contribution in [1.82, 2.24) is 19.8 Å². The number of amides is 2. The minimum Gasteiger partial charge on any atom is -0.543 e. The van der Waals surface area contributed by atoms with E-state index in [9.17, 15) is 19.5 Å². The number of nitrogens with two attached hydrogens (primary N) is 1. The van der Waals surface area contributed by atoms with E-state index in [4.69, 9.17) is 10.6 Å². The summed E-state index contributed by atoms with van der Waals surface area (Å²) >= 11 is 6.00. The lowest BCUT2D eigenvalue weighted by molar-refractivity contribution is -0.605. The van der Waals surface area contributed by atoms with Crippen LogP contribution < -0.4 is 20.7 Å². The molecule has 5 rings (SSSR count). The van der Waals surface area contributed by atoms with Gasteiger partial charge in [-0.2, -0.15) is 4.57 Å². The molecule has 1 fully saturated rings. The number of oxime groups is 1. The maximum absolute atomic E-state index is 13.1. The Balaban J connectivity index is 1.37. The van der Waals surface area contributed by atoms with Crippen LogP contribution in [0.1, 0.15) is 18.3 Å². The number of carboxylic acid groups (broad SMARTS) is 1. The second-order valence-corrected chi connectivity index (χ2v) is 11.3. The topological polar surface area (TPSA) is 159 Å². The minimum absolute atomic E-state index is 0.123. The standard InChI is InChI=1S/C23H22BrN7O5S2/c1-3-36-28-16(13-10-38-23(25)26-13)19(32)27-17-20(33)31-18(22(34)35)12(9-37-21(17)31)8-29-6-7-30-14(11(29)2)4-5-15(30)24/h4-7,10,17,21H,3,8-9H2,1-2H3,(H3-,25,26,27,32,34,35)/b28-16-/t17-,21-/m1/s1. The minimum atomic E-state index is -1.44. The highest BCUT2D eigenvalue weighted by Gasteiger charge is 2.53. The van der Waals surface area contributed by atoms with Crippen molar-refractivity contribution < 1.29 is 28.9 Å². The number of rotatable bonds is 8. The number of nitrogen functional groups attached to an aromatic ring is 1. The molecule has 3 N–H and O–H groups in total. The van der Waals surface area contributed by atoms with Crippen LogP contribution in [0.3, 0.4) is 0 Å². The second-order valence-electron chi connectivity index (χ2n) is 8.45. The third-order valence-electron chi connectivity index (χ3n) is 6.22. The van der Waals surface area contributed by atoms with Gasteiger partial charge in [0.2, 0.25) is 5.69 Å². The van der Waals surface area contributed by atoms with Gasteiger partial charge in [-0.1, -0.05) is 5.16 Å². The molecule has 0 radical (unpaired) electrons. The number of carbonyl (C=O) groups is 3. The molecule has 0 saturated carbocycles. The van der Waals surface area contributed by atoms with Gasteiger partial charge >= 0.3 is 0 Å². The van der Waals surface area contributed by atoms with E-state index in [-0.39, 0.29) is 35.4 Å². The highest BCUT2D eigenvalue weighted by molar-refractivity contribution is 9.10. The van der Waals surface area contributed by atoms with E-state index in [1.54, 1.807) is 12.3 Å². The third-order valence-corrected chi connectivity index (χ3v) is 8.88. The lowest BCUT2D eigenvalue weighted by atomic mass is 10.0. The van der Waals surface area contributed by atoms with Gasteiger partial charge in [-0.3, -0.25) is 14.5 Å². The molecule has 38 heavy (non-hydrogen) atoms. The number of nitrogens with one attached hydrogen (secondary N) is 1. The molecule has 4 aliphatic heterocycles. The Kier molecular flexibility index (Phi) is 7.15. The summed E-state index contributed by atoms with van der Waals surface area (Å²) in [6, 6.07) is 2.95. The molecule has 198 valence electrons. The first kappa shape index (κ1) is 26.2. The third kappa shape index (κ3) is 4.54. The number of thiazole rings is 1. The first-order valence-corrected chi connectivity index (χ1v) is 14.2. The number of anilines is 1. The number of carbonyl (C=O) groups excluding carboxylic acids is 3. The van der Waals surface area contributed by atoms with Crippen molar-refractivity contribution in [3.63, 3.8) is 0 Å². The molecule has 1 saturated heterocycles. The molecule has 12 nitrogen and oxygen atoms in total. The van der Waals surface area contributed by atoms with E-state index < -0.39 is 29.2 Å². The van der Waals surface area contributed by atoms with Gasteiger partial charge in [0.1, 0.15) is 23.7 Å². The van der Waals surface area contributed by atoms with Crippen LogP contribution >= 0.6 is 39.0 Å². The monoisotopic (exact) mass is 619 g/mol. The molecule has 2 amide bonds. The lowest BCUT2D eigenvalue weighted by Crippen LogP contribution is -2.71. The van der Waals surface area contributed by atoms with Gasteiger partial charge in [0.25, 0.3) is 16.4 Å². The van der Waals surface area contributed by atoms with Crippen LogP contribution in [0.5, 0.6) is 0 Å². The molecule has 5 heterocycles. The van der Waals surface area contributed by atoms with Crippen LogP contribution in [0.4, 0.5) is 5.13 Å². The van der Waals surface area contributed by atoms with Crippen molar-refractivity contribution in [2.75, 3.05) is 18.1 Å². The van der Waals surface area contributed by atoms with Crippen LogP contribution in [-0.2, 0) is 25.8 Å². The highest BCUT2D eigenvalue weighted by Crippen LogP contribution is 2.40. The average Bonchev–Trinajstić information content (AvgIpc) is 3.49. The molecule has 0 aliphatic carbocycles. The van der Waals surface area contributed by atoms with Gasteiger partial charge in [0, 0.05) is 45.7 Å². The molecule has 0 aromatic carbocycles. The maximum Gasteiger partial charge on any atom is 0.276 e. The predicted molar refractivity (Wildman–Crippen MR) is 141 cm³/mol. The van der Waals surface area contributed by atoms with Gasteiger partial charge in [0.15, 0.2) is 17.0 Å². The van der Waals surface area contributed by atoms with Crippen molar-refractivity contribution in [3.05, 3.63) is 57.2 Å². The first-order chi connectivity index (χ1) is 18.2. The van der Waals surface area contributed by atoms with Gasteiger partial charge < -0.3 is 30.4 Å². The molecule has 2 atom stereocenters. The van der Waals surface area contributed by atoms with E-state index in [1.807, 2.05) is 40.6 Å². The van der Waals surface area contributed by atoms with Crippen LogP contribution in [-0.4, -0.2) is 61.7 Å². The number of carboxylic acids is 1. The number of fused-ring (bicyclic) bond motifs is 2. The van der Waals surface area contributed by atoms with Crippen molar-refractivity contribution in [3.8, 4) is 5.69 Å². The van der Waals surface area contributed by atoms with Gasteiger partial charge in [-0.15, -0.1) is 23.1 Å². The van der Waals surface area contributed by atoms with E-state index >= 15 is 0 Å². The summed E-state index contributed by atoms with van der Waals surface area (Å²) in [6.45, 7) is 4.14. The first-order valence-electron chi connectivity index (χ1n) is 11.5. The summed E-state index contributed by atoms with van der Waals surface area (Å²) in [4.78, 5) is 48.7. The Hall–Kier alpha value is -3.43. The van der Waals surface area contributed by atoms with E-state index in [2.05, 4.69) is 31.4 Å². The molecule has 1 aromatic heterocycles. The molecule has 1 aromatic rings. The summed E-state index contributed by atoms with van der Waals surface area (Å²) < 4.78 is 4.81. The van der Waals surface area contributed by atoms with Crippen molar-refractivity contribution in [2.45, 2.75) is 31.8 Å². The summed E-state index contributed by atoms with van der Waals surface area (Å²) in [5, 5.41) is 19.9. The molecular weight excluding hydrogens is 598 g/mol. The van der Waals surface area contributed by atoms with E-state index in [0.29, 0.717) is 11.3 Å². The summed E-state index contributed by atoms with van der Waals surface area (Å²) in [6.07, 6.45) is 3.73. The van der Waals surface area contributed by atoms with Crippen LogP contribution in [0.15, 0.2) is 50.9 Å². The lowest BCUT2D eigenvalue weighted by Gasteiger charge is -2.50. The highest BCUT2D eigenvalue weighted by atomic mass is 79.9. The fourth-order valence-corrected chi connectivity index (χ4v) is 6.71. The Bertz CT molecular complexity index is 1480. The number of hydrogen-bond donors (Lipinski definition) is 2. The van der Waals surface area contributed by atoms with Crippen LogP contribution in [0.2, 0.25) is 0 Å². The van der Waals surface area contributed by atoms with Crippen molar-refractivity contribution in [1.29, 1.82) is 0 Å². The van der Waals surface area contributed by atoms with Crippen LogP contribution in [0, 0.1) is 6.92 Å². The number of halogens is 1. The second kappa shape index (κ2) is 10.4. The summed E-state index contributed by atoms with van der Waals surface area (Å²) in [7, 11) is 0. The molecule has 15 heteroatoms. The van der Waals surface area contributed by atoms with E-state index in [1.165, 1.54) is 16.7 Å². The zero-order chi connectivity index (χ0) is 27.1. The van der Waals surface area contributed by atoms with Crippen LogP contribution in [0.25, 0.3) is 5.69 Å². The number of β-lactam (4-membered cyclic amide) rings is 1. The molecule has 0 unspecified atom stereocenters. The Morgan fingerprint density at radius 3 is 2.89 bits per heavy atom. The summed E-state index contributed by atoms with van der Waals surface area (Å²) in [5.41, 5.74) is 8.06. The number of thioether (sulfide) groups is 1. The molecular formula is C23H22BrN7O5S2. The normalized spacial score (nSPS) is 19.4. The van der Waals surface area contributed by atoms with Crippen molar-refractivity contribution >= 4 is 67.7 Å². The average molecular weight is 621 g/mol. The predicted octanol–water partition coefficient (Wildman–Crippen LogP) is 0.157. The molecule has 0 bridgehead atoms. The van der Waals surface area contributed by atoms with Crippen molar-refractivity contribution in [2.24, 2.45) is 5.16 Å². The Morgan fingerprint density at radius 2 is 2.21 bits per heavy atom. The number of aromatic nitrogens is 3. The smallest absolute Gasteiger partial charge is 0.276 e. The number of nitrogens with zero attached hydrogens (tertiary/aromatic N) is 5. The zero-order valence-electron chi connectivity index (χ0n) is 20.2. The SMILES string of the molecule is CCO/N=C(\C(=O)N[C@@H]1C(=O)N2C(C(=O)[O-])=C(Cn3cc[n+]4c(Br)ccc-4c3C)CS[C@H]12)c1csc(N)n1. The fraction of sp³-hybridized carbons (Fsp3) is 0.304. The Morgan fingerprint density at radius 1 is 1.42 bits per heavy atom. The molecule has 0 spiro atoms. The maximum atomic E-state index is 13.1. The van der Waals surface area contributed by atoms with Gasteiger partial charge in [-0.05, 0) is 19.4 Å². The number of hydrogen-bond acceptors (Lipinski definition) is 10. The quantitative estimate of drug-likeness (QED) is 0.156. The number of aliphatic carboxylic acids is 1. The zero-order valence-corrected chi connectivity index (χ0v) is 23.4. The van der Waals surface area contributed by atoms with Gasteiger partial charge in [0.05, 0.1) is 23.6 Å².